The Balaban J connectivity index is 2.27. The molecule has 1 spiro atoms. The third kappa shape index (κ3) is 2.46. The van der Waals surface area contributed by atoms with Gasteiger partial charge in [0.1, 0.15) is 6.10 Å². The van der Waals surface area contributed by atoms with Crippen LogP contribution in [0.1, 0.15) is 32.6 Å². The molecule has 0 unspecified atom stereocenters. The van der Waals surface area contributed by atoms with Crippen LogP contribution in [0.25, 0.3) is 0 Å². The van der Waals surface area contributed by atoms with Crippen LogP contribution < -0.4 is 0 Å². The van der Waals surface area contributed by atoms with E-state index in [2.05, 4.69) is 0 Å². The second kappa shape index (κ2) is 4.54. The maximum absolute atomic E-state index is 12.6. The predicted molar refractivity (Wildman–Crippen MR) is 57.0 cm³/mol. The molecule has 1 aliphatic heterocycles. The molecule has 2 rings (SSSR count). The molecule has 2 atom stereocenters. The highest BCUT2D eigenvalue weighted by atomic mass is 19.4. The van der Waals surface area contributed by atoms with Crippen LogP contribution in [0.15, 0.2) is 11.8 Å². The van der Waals surface area contributed by atoms with Gasteiger partial charge in [0.25, 0.3) is 0 Å². The number of hydrogen-bond acceptors (Lipinski definition) is 4. The van der Waals surface area contributed by atoms with Gasteiger partial charge >= 0.3 is 12.1 Å². The fraction of sp³-hybridized carbons (Fsp3) is 0.667. The maximum atomic E-state index is 12.6. The summed E-state index contributed by atoms with van der Waals surface area (Å²) in [5.74, 6) is -2.72. The number of hydrogen-bond donors (Lipinski definition) is 0. The highest BCUT2D eigenvalue weighted by Gasteiger charge is 2.58. The minimum Gasteiger partial charge on any atom is -0.470 e. The van der Waals surface area contributed by atoms with E-state index in [4.69, 9.17) is 9.47 Å². The number of allylic oxidation sites excluding steroid dienone is 1. The molecule has 0 aromatic heterocycles. The Labute approximate surface area is 107 Å². The van der Waals surface area contributed by atoms with E-state index in [-0.39, 0.29) is 6.42 Å². The molecule has 2 aliphatic rings. The Morgan fingerprint density at radius 3 is 2.68 bits per heavy atom. The molecule has 0 aromatic rings. The van der Waals surface area contributed by atoms with Crippen LogP contribution in [0.3, 0.4) is 0 Å². The number of ether oxygens (including phenoxy) is 2. The zero-order chi connectivity index (χ0) is 14.3. The number of alkyl halides is 3. The van der Waals surface area contributed by atoms with Crippen molar-refractivity contribution < 1.29 is 32.2 Å². The van der Waals surface area contributed by atoms with Crippen molar-refractivity contribution in [1.82, 2.24) is 0 Å². The first kappa shape index (κ1) is 13.9. The average molecular weight is 278 g/mol. The van der Waals surface area contributed by atoms with E-state index < -0.39 is 35.4 Å². The van der Waals surface area contributed by atoms with Gasteiger partial charge < -0.3 is 9.47 Å². The predicted octanol–water partition coefficient (Wildman–Crippen LogP) is 2.28. The first-order chi connectivity index (χ1) is 8.75. The molecule has 4 nitrogen and oxygen atoms in total. The van der Waals surface area contributed by atoms with Crippen molar-refractivity contribution >= 4 is 11.8 Å². The molecule has 0 radical (unpaired) electrons. The highest BCUT2D eigenvalue weighted by molar-refractivity contribution is 6.00. The molecule has 1 fully saturated rings. The molecule has 1 aliphatic carbocycles. The van der Waals surface area contributed by atoms with Crippen molar-refractivity contribution in [3.63, 3.8) is 0 Å². The van der Waals surface area contributed by atoms with Crippen LogP contribution in [-0.2, 0) is 19.1 Å². The Morgan fingerprint density at radius 1 is 1.47 bits per heavy atom. The second-order valence-corrected chi connectivity index (χ2v) is 4.71. The second-order valence-electron chi connectivity index (χ2n) is 4.71. The summed E-state index contributed by atoms with van der Waals surface area (Å²) in [5.41, 5.74) is -1.69. The third-order valence-corrected chi connectivity index (χ3v) is 3.34. The van der Waals surface area contributed by atoms with E-state index in [1.54, 1.807) is 0 Å². The topological polar surface area (TPSA) is 52.6 Å². The van der Waals surface area contributed by atoms with Crippen LogP contribution in [0.4, 0.5) is 13.2 Å². The summed E-state index contributed by atoms with van der Waals surface area (Å²) >= 11 is 0. The normalized spacial score (nSPS) is 31.1. The minimum absolute atomic E-state index is 0.125. The van der Waals surface area contributed by atoms with Crippen LogP contribution >= 0.6 is 0 Å². The minimum atomic E-state index is -4.71. The van der Waals surface area contributed by atoms with Gasteiger partial charge in [-0.3, -0.25) is 9.59 Å². The standard InChI is InChI=1S/C12H13F3O4/c1-7(16)18-9-4-2-3-5-11(9)8(17)6-10(19-11)12(13,14)15/h6,9H,2-5H2,1H3/t9-,11+/m0/s1. The van der Waals surface area contributed by atoms with Gasteiger partial charge in [0.15, 0.2) is 0 Å². The summed E-state index contributed by atoms with van der Waals surface area (Å²) in [6.07, 6.45) is -3.52. The smallest absolute Gasteiger partial charge is 0.449 e. The van der Waals surface area contributed by atoms with Gasteiger partial charge in [0.05, 0.1) is 0 Å². The van der Waals surface area contributed by atoms with Crippen LogP contribution in [0, 0.1) is 0 Å². The fourth-order valence-corrected chi connectivity index (χ4v) is 2.52. The molecular weight excluding hydrogens is 265 g/mol. The van der Waals surface area contributed by atoms with Gasteiger partial charge in [-0.2, -0.15) is 13.2 Å². The molecular formula is C12H13F3O4. The molecule has 1 saturated carbocycles. The van der Waals surface area contributed by atoms with Crippen molar-refractivity contribution in [2.75, 3.05) is 0 Å². The van der Waals surface area contributed by atoms with E-state index in [1.165, 1.54) is 0 Å². The van der Waals surface area contributed by atoms with E-state index in [9.17, 15) is 22.8 Å². The van der Waals surface area contributed by atoms with Crippen LogP contribution in [0.2, 0.25) is 0 Å². The van der Waals surface area contributed by atoms with Gasteiger partial charge in [-0.05, 0) is 25.7 Å². The molecule has 106 valence electrons. The van der Waals surface area contributed by atoms with Gasteiger partial charge in [-0.1, -0.05) is 0 Å². The Morgan fingerprint density at radius 2 is 2.16 bits per heavy atom. The fourth-order valence-electron chi connectivity index (χ4n) is 2.52. The highest BCUT2D eigenvalue weighted by Crippen LogP contribution is 2.44. The monoisotopic (exact) mass is 278 g/mol. The molecule has 19 heavy (non-hydrogen) atoms. The van der Waals surface area contributed by atoms with Crippen LogP contribution in [-0.4, -0.2) is 29.6 Å². The molecule has 0 bridgehead atoms. The Bertz CT molecular complexity index is 441. The van der Waals surface area contributed by atoms with E-state index >= 15 is 0 Å². The lowest BCUT2D eigenvalue weighted by Gasteiger charge is -2.38. The lowest BCUT2D eigenvalue weighted by Crippen LogP contribution is -2.52. The summed E-state index contributed by atoms with van der Waals surface area (Å²) < 4.78 is 47.7. The van der Waals surface area contributed by atoms with Gasteiger partial charge in [-0.15, -0.1) is 0 Å². The summed E-state index contributed by atoms with van der Waals surface area (Å²) in [5, 5.41) is 0. The Kier molecular flexibility index (Phi) is 3.32. The van der Waals surface area contributed by atoms with E-state index in [0.29, 0.717) is 25.3 Å². The molecule has 7 heteroatoms. The quantitative estimate of drug-likeness (QED) is 0.690. The van der Waals surface area contributed by atoms with Gasteiger partial charge in [-0.25, -0.2) is 0 Å². The average Bonchev–Trinajstić information content (AvgIpc) is 2.60. The van der Waals surface area contributed by atoms with Crippen molar-refractivity contribution in [1.29, 1.82) is 0 Å². The number of carbonyl (C=O) groups is 2. The van der Waals surface area contributed by atoms with Crippen molar-refractivity contribution in [2.24, 2.45) is 0 Å². The molecule has 0 N–H and O–H groups in total. The molecule has 0 aromatic carbocycles. The number of halogens is 3. The molecule has 0 amide bonds. The lowest BCUT2D eigenvalue weighted by molar-refractivity contribution is -0.190. The Hall–Kier alpha value is -1.53. The number of rotatable bonds is 1. The van der Waals surface area contributed by atoms with Gasteiger partial charge in [0, 0.05) is 13.0 Å². The van der Waals surface area contributed by atoms with Crippen molar-refractivity contribution in [2.45, 2.75) is 50.5 Å². The van der Waals surface area contributed by atoms with E-state index in [0.717, 1.165) is 6.92 Å². The summed E-state index contributed by atoms with van der Waals surface area (Å²) in [4.78, 5) is 22.9. The van der Waals surface area contributed by atoms with Crippen molar-refractivity contribution in [3.8, 4) is 0 Å². The number of ketones is 1. The largest absolute Gasteiger partial charge is 0.470 e. The summed E-state index contributed by atoms with van der Waals surface area (Å²) in [7, 11) is 0. The maximum Gasteiger partial charge on any atom is 0.449 e. The molecule has 1 heterocycles. The van der Waals surface area contributed by atoms with Crippen LogP contribution in [0.5, 0.6) is 0 Å². The van der Waals surface area contributed by atoms with E-state index in [1.807, 2.05) is 0 Å². The summed E-state index contributed by atoms with van der Waals surface area (Å²) in [6.45, 7) is 1.15. The lowest BCUT2D eigenvalue weighted by atomic mass is 9.79. The first-order valence-electron chi connectivity index (χ1n) is 5.95. The zero-order valence-corrected chi connectivity index (χ0v) is 10.3. The molecule has 0 saturated heterocycles. The number of esters is 1. The third-order valence-electron chi connectivity index (χ3n) is 3.34. The SMILES string of the molecule is CC(=O)O[C@H]1CCCC[C@]12OC(C(F)(F)F)=CC2=O. The first-order valence-corrected chi connectivity index (χ1v) is 5.95. The number of carbonyl (C=O) groups excluding carboxylic acids is 2. The summed E-state index contributed by atoms with van der Waals surface area (Å²) in [6, 6.07) is 0. The van der Waals surface area contributed by atoms with Crippen molar-refractivity contribution in [3.05, 3.63) is 11.8 Å². The zero-order valence-electron chi connectivity index (χ0n) is 10.3. The van der Waals surface area contributed by atoms with Gasteiger partial charge in [0.2, 0.25) is 17.1 Å².